The van der Waals surface area contributed by atoms with Crippen molar-refractivity contribution in [2.45, 2.75) is 53.4 Å². The zero-order valence-corrected chi connectivity index (χ0v) is 18.0. The van der Waals surface area contributed by atoms with Crippen molar-refractivity contribution in [2.24, 2.45) is 4.99 Å². The number of aliphatic imine (C=N–C) groups is 1. The molecule has 3 aromatic rings. The minimum absolute atomic E-state index is 0.446. The summed E-state index contributed by atoms with van der Waals surface area (Å²) in [4.78, 5) is 4.98. The van der Waals surface area contributed by atoms with Crippen LogP contribution in [0.4, 0.5) is 5.69 Å². The molecule has 0 radical (unpaired) electrons. The van der Waals surface area contributed by atoms with Crippen LogP contribution in [0.15, 0.2) is 65.7 Å². The van der Waals surface area contributed by atoms with Crippen molar-refractivity contribution in [3.05, 3.63) is 88.5 Å². The molecule has 0 aliphatic rings. The highest BCUT2D eigenvalue weighted by atomic mass is 14.7. The Hall–Kier alpha value is -2.67. The highest BCUT2D eigenvalue weighted by molar-refractivity contribution is 5.93. The van der Waals surface area contributed by atoms with Crippen LogP contribution >= 0.6 is 0 Å². The second-order valence-electron chi connectivity index (χ2n) is 8.29. The fraction of sp³-hybridized carbons (Fsp3) is 0.296. The first-order chi connectivity index (χ1) is 13.4. The summed E-state index contributed by atoms with van der Waals surface area (Å²) in [5, 5.41) is 0. The van der Waals surface area contributed by atoms with Crippen LogP contribution in [-0.4, -0.2) is 6.21 Å². The Morgan fingerprint density at radius 1 is 0.786 bits per heavy atom. The maximum Gasteiger partial charge on any atom is 0.0667 e. The molecule has 144 valence electrons. The third-order valence-electron chi connectivity index (χ3n) is 5.36. The van der Waals surface area contributed by atoms with Gasteiger partial charge in [-0.05, 0) is 59.6 Å². The Labute approximate surface area is 170 Å². The lowest BCUT2D eigenvalue weighted by molar-refractivity contribution is 0.845. The Morgan fingerprint density at radius 2 is 1.50 bits per heavy atom. The van der Waals surface area contributed by atoms with Gasteiger partial charge in [-0.15, -0.1) is 0 Å². The minimum atomic E-state index is 0.446. The SMILES string of the molecule is Cc1ccc(-c2cccc(C)c2C=Nc2cc(C(C)C)ccc2C(C)C)cc1. The summed E-state index contributed by atoms with van der Waals surface area (Å²) in [6, 6.07) is 21.9. The Balaban J connectivity index is 2.08. The van der Waals surface area contributed by atoms with Crippen LogP contribution in [0.5, 0.6) is 0 Å². The number of benzene rings is 3. The van der Waals surface area contributed by atoms with Crippen molar-refractivity contribution in [2.75, 3.05) is 0 Å². The van der Waals surface area contributed by atoms with Crippen LogP contribution in [0.3, 0.4) is 0 Å². The topological polar surface area (TPSA) is 12.4 Å². The molecule has 28 heavy (non-hydrogen) atoms. The molecule has 3 rings (SSSR count). The largest absolute Gasteiger partial charge is 0.256 e. The average Bonchev–Trinajstić information content (AvgIpc) is 2.67. The van der Waals surface area contributed by atoms with Crippen LogP contribution in [0.1, 0.15) is 67.3 Å². The molecule has 0 saturated heterocycles. The fourth-order valence-corrected chi connectivity index (χ4v) is 3.49. The van der Waals surface area contributed by atoms with Crippen LogP contribution in [0, 0.1) is 13.8 Å². The second kappa shape index (κ2) is 8.56. The molecule has 1 heteroatoms. The monoisotopic (exact) mass is 369 g/mol. The summed E-state index contributed by atoms with van der Waals surface area (Å²) in [5.74, 6) is 0.943. The Bertz CT molecular complexity index is 976. The van der Waals surface area contributed by atoms with E-state index in [-0.39, 0.29) is 0 Å². The van der Waals surface area contributed by atoms with E-state index < -0.39 is 0 Å². The van der Waals surface area contributed by atoms with Gasteiger partial charge in [0.25, 0.3) is 0 Å². The first kappa shape index (κ1) is 20.1. The maximum atomic E-state index is 4.98. The molecule has 0 amide bonds. The second-order valence-corrected chi connectivity index (χ2v) is 8.29. The lowest BCUT2D eigenvalue weighted by Crippen LogP contribution is -1.95. The molecule has 0 fully saturated rings. The molecule has 1 nitrogen and oxygen atoms in total. The standard InChI is InChI=1S/C27H31N/c1-18(2)23-14-15-24(19(3)4)27(16-23)28-17-26-21(6)8-7-9-25(26)22-12-10-20(5)11-13-22/h7-19H,1-6H3. The molecular formula is C27H31N. The van der Waals surface area contributed by atoms with Crippen LogP contribution in [0.25, 0.3) is 11.1 Å². The molecule has 0 N–H and O–H groups in total. The summed E-state index contributed by atoms with van der Waals surface area (Å²) >= 11 is 0. The molecule has 0 aliphatic heterocycles. The molecule has 0 atom stereocenters. The molecule has 0 unspecified atom stereocenters. The fourth-order valence-electron chi connectivity index (χ4n) is 3.49. The molecular weight excluding hydrogens is 338 g/mol. The molecule has 0 bridgehead atoms. The van der Waals surface area contributed by atoms with Crippen molar-refractivity contribution in [1.29, 1.82) is 0 Å². The molecule has 0 saturated carbocycles. The summed E-state index contributed by atoms with van der Waals surface area (Å²) < 4.78 is 0. The van der Waals surface area contributed by atoms with Crippen molar-refractivity contribution in [3.63, 3.8) is 0 Å². The van der Waals surface area contributed by atoms with Crippen LogP contribution in [0.2, 0.25) is 0 Å². The van der Waals surface area contributed by atoms with Gasteiger partial charge < -0.3 is 0 Å². The quantitative estimate of drug-likeness (QED) is 0.404. The van der Waals surface area contributed by atoms with E-state index in [9.17, 15) is 0 Å². The van der Waals surface area contributed by atoms with E-state index in [2.05, 4.69) is 108 Å². The van der Waals surface area contributed by atoms with Gasteiger partial charge in [-0.1, -0.05) is 87.9 Å². The lowest BCUT2D eigenvalue weighted by Gasteiger charge is -2.14. The van der Waals surface area contributed by atoms with Crippen molar-refractivity contribution in [3.8, 4) is 11.1 Å². The van der Waals surface area contributed by atoms with E-state index in [1.54, 1.807) is 0 Å². The minimum Gasteiger partial charge on any atom is -0.256 e. The molecule has 0 spiro atoms. The zero-order valence-electron chi connectivity index (χ0n) is 18.0. The normalized spacial score (nSPS) is 11.7. The maximum absolute atomic E-state index is 4.98. The molecule has 0 aliphatic carbocycles. The van der Waals surface area contributed by atoms with Gasteiger partial charge in [0, 0.05) is 11.8 Å². The average molecular weight is 370 g/mol. The summed E-state index contributed by atoms with van der Waals surface area (Å²) in [7, 11) is 0. The number of hydrogen-bond donors (Lipinski definition) is 0. The third-order valence-corrected chi connectivity index (χ3v) is 5.36. The van der Waals surface area contributed by atoms with Gasteiger partial charge >= 0.3 is 0 Å². The van der Waals surface area contributed by atoms with Crippen molar-refractivity contribution in [1.82, 2.24) is 0 Å². The first-order valence-electron chi connectivity index (χ1n) is 10.2. The van der Waals surface area contributed by atoms with Crippen molar-refractivity contribution < 1.29 is 0 Å². The summed E-state index contributed by atoms with van der Waals surface area (Å²) in [6.45, 7) is 13.2. The number of rotatable bonds is 5. The van der Waals surface area contributed by atoms with E-state index >= 15 is 0 Å². The molecule has 3 aromatic carbocycles. The van der Waals surface area contributed by atoms with Gasteiger partial charge in [-0.25, -0.2) is 0 Å². The van der Waals surface area contributed by atoms with Gasteiger partial charge in [0.1, 0.15) is 0 Å². The van der Waals surface area contributed by atoms with E-state index in [1.807, 2.05) is 0 Å². The van der Waals surface area contributed by atoms with Gasteiger partial charge in [-0.2, -0.15) is 0 Å². The van der Waals surface area contributed by atoms with Crippen LogP contribution in [-0.2, 0) is 0 Å². The summed E-state index contributed by atoms with van der Waals surface area (Å²) in [6.07, 6.45) is 2.05. The van der Waals surface area contributed by atoms with Crippen LogP contribution < -0.4 is 0 Å². The van der Waals surface area contributed by atoms with E-state index in [0.29, 0.717) is 11.8 Å². The molecule has 0 aromatic heterocycles. The van der Waals surface area contributed by atoms with Gasteiger partial charge in [0.05, 0.1) is 5.69 Å². The smallest absolute Gasteiger partial charge is 0.0667 e. The first-order valence-corrected chi connectivity index (χ1v) is 10.2. The third kappa shape index (κ3) is 4.42. The van der Waals surface area contributed by atoms with E-state index in [0.717, 1.165) is 5.69 Å². The highest BCUT2D eigenvalue weighted by Crippen LogP contribution is 2.31. The predicted molar refractivity (Wildman–Crippen MR) is 123 cm³/mol. The highest BCUT2D eigenvalue weighted by Gasteiger charge is 2.10. The zero-order chi connectivity index (χ0) is 20.3. The van der Waals surface area contributed by atoms with Gasteiger partial charge in [0.15, 0.2) is 0 Å². The lowest BCUT2D eigenvalue weighted by atomic mass is 9.94. The van der Waals surface area contributed by atoms with Gasteiger partial charge in [0.2, 0.25) is 0 Å². The van der Waals surface area contributed by atoms with E-state index in [4.69, 9.17) is 4.99 Å². The predicted octanol–water partition coefficient (Wildman–Crippen LogP) is 7.97. The Kier molecular flexibility index (Phi) is 6.14. The van der Waals surface area contributed by atoms with E-state index in [1.165, 1.54) is 38.9 Å². The summed E-state index contributed by atoms with van der Waals surface area (Å²) in [5.41, 5.74) is 9.89. The number of aryl methyl sites for hydroxylation is 2. The Morgan fingerprint density at radius 3 is 2.14 bits per heavy atom. The van der Waals surface area contributed by atoms with Crippen molar-refractivity contribution >= 4 is 11.9 Å². The van der Waals surface area contributed by atoms with Gasteiger partial charge in [-0.3, -0.25) is 4.99 Å². The number of nitrogens with zero attached hydrogens (tertiary/aromatic N) is 1. The number of hydrogen-bond acceptors (Lipinski definition) is 1. The molecule has 0 heterocycles.